The van der Waals surface area contributed by atoms with E-state index in [4.69, 9.17) is 0 Å². The highest BCUT2D eigenvalue weighted by atomic mass is 16.2. The number of hydrogen-bond donors (Lipinski definition) is 1. The average molecular weight is 377 g/mol. The second-order valence-corrected chi connectivity index (χ2v) is 7.67. The third-order valence-corrected chi connectivity index (χ3v) is 4.48. The van der Waals surface area contributed by atoms with E-state index in [9.17, 15) is 9.59 Å². The predicted molar refractivity (Wildman–Crippen MR) is 106 cm³/mol. The summed E-state index contributed by atoms with van der Waals surface area (Å²) in [5.41, 5.74) is 0.723. The Bertz CT molecular complexity index is 644. The molecule has 150 valence electrons. The number of piperidine rings is 1. The molecular weight excluding hydrogens is 344 g/mol. The molecule has 0 aliphatic carbocycles. The molecule has 0 spiro atoms. The molecule has 2 heterocycles. The third-order valence-electron chi connectivity index (χ3n) is 4.48. The lowest BCUT2D eigenvalue weighted by Gasteiger charge is -2.31. The maximum atomic E-state index is 12.2. The molecule has 1 aromatic rings. The van der Waals surface area contributed by atoms with Crippen molar-refractivity contribution in [3.05, 3.63) is 24.5 Å². The number of carbonyl (C=O) groups excluding carboxylic acids is 2. The van der Waals surface area contributed by atoms with Gasteiger partial charge in [0.1, 0.15) is 0 Å². The Morgan fingerprint density at radius 1 is 1.22 bits per heavy atom. The van der Waals surface area contributed by atoms with Crippen LogP contribution in [0.3, 0.4) is 0 Å². The zero-order chi connectivity index (χ0) is 19.8. The van der Waals surface area contributed by atoms with Gasteiger partial charge >= 0.3 is 0 Å². The van der Waals surface area contributed by atoms with Gasteiger partial charge in [0.05, 0.1) is 18.4 Å². The second-order valence-electron chi connectivity index (χ2n) is 7.67. The molecule has 0 bridgehead atoms. The minimum absolute atomic E-state index is 0.0475. The Hall–Kier alpha value is -2.19. The van der Waals surface area contributed by atoms with Crippen LogP contribution in [0.2, 0.25) is 0 Å². The molecule has 8 nitrogen and oxygen atoms in total. The summed E-state index contributed by atoms with van der Waals surface area (Å²) < 4.78 is 1.88. The van der Waals surface area contributed by atoms with Crippen LogP contribution in [0.25, 0.3) is 0 Å². The van der Waals surface area contributed by atoms with Crippen LogP contribution in [0.1, 0.15) is 12.8 Å². The van der Waals surface area contributed by atoms with Crippen LogP contribution in [0.4, 0.5) is 5.69 Å². The monoisotopic (exact) mass is 376 g/mol. The van der Waals surface area contributed by atoms with E-state index in [-0.39, 0.29) is 11.8 Å². The van der Waals surface area contributed by atoms with Crippen molar-refractivity contribution in [2.75, 3.05) is 59.7 Å². The Labute approximate surface area is 161 Å². The summed E-state index contributed by atoms with van der Waals surface area (Å²) in [6.45, 7) is 3.49. The molecule has 0 saturated carbocycles. The smallest absolute Gasteiger partial charge is 0.246 e. The summed E-state index contributed by atoms with van der Waals surface area (Å²) in [6.07, 6.45) is 9.07. The van der Waals surface area contributed by atoms with E-state index >= 15 is 0 Å². The van der Waals surface area contributed by atoms with Crippen molar-refractivity contribution in [1.82, 2.24) is 24.5 Å². The van der Waals surface area contributed by atoms with Crippen molar-refractivity contribution in [2.45, 2.75) is 19.4 Å². The molecule has 8 heteroatoms. The van der Waals surface area contributed by atoms with E-state index in [0.29, 0.717) is 12.5 Å². The quantitative estimate of drug-likeness (QED) is 0.678. The van der Waals surface area contributed by atoms with Crippen molar-refractivity contribution >= 4 is 17.5 Å². The van der Waals surface area contributed by atoms with E-state index in [1.54, 1.807) is 12.3 Å². The molecule has 2 rings (SSSR count). The largest absolute Gasteiger partial charge is 0.339 e. The first kappa shape index (κ1) is 21.1. The fourth-order valence-corrected chi connectivity index (χ4v) is 3.09. The summed E-state index contributed by atoms with van der Waals surface area (Å²) in [5, 5.41) is 7.20. The zero-order valence-electron chi connectivity index (χ0n) is 16.9. The molecule has 0 aromatic carbocycles. The number of amides is 2. The van der Waals surface area contributed by atoms with Crippen LogP contribution in [0.15, 0.2) is 24.5 Å². The van der Waals surface area contributed by atoms with Crippen molar-refractivity contribution in [3.8, 4) is 0 Å². The number of rotatable bonds is 8. The number of anilines is 1. The lowest BCUT2D eigenvalue weighted by Crippen LogP contribution is -2.38. The molecule has 1 aliphatic rings. The van der Waals surface area contributed by atoms with Crippen LogP contribution in [0.5, 0.6) is 0 Å². The van der Waals surface area contributed by atoms with Crippen molar-refractivity contribution in [2.24, 2.45) is 5.92 Å². The maximum absolute atomic E-state index is 12.2. The minimum atomic E-state index is -0.0475. The van der Waals surface area contributed by atoms with E-state index in [0.717, 1.165) is 44.7 Å². The lowest BCUT2D eigenvalue weighted by molar-refractivity contribution is -0.127. The van der Waals surface area contributed by atoms with Gasteiger partial charge in [-0.15, -0.1) is 0 Å². The van der Waals surface area contributed by atoms with Crippen molar-refractivity contribution in [1.29, 1.82) is 0 Å². The predicted octanol–water partition coefficient (Wildman–Crippen LogP) is 0.740. The Balaban J connectivity index is 1.75. The first-order valence-corrected chi connectivity index (χ1v) is 9.40. The highest BCUT2D eigenvalue weighted by molar-refractivity contribution is 5.91. The van der Waals surface area contributed by atoms with Gasteiger partial charge in [-0.2, -0.15) is 5.10 Å². The molecule has 2 amide bonds. The van der Waals surface area contributed by atoms with Gasteiger partial charge in [-0.3, -0.25) is 14.3 Å². The highest BCUT2D eigenvalue weighted by Gasteiger charge is 2.22. The van der Waals surface area contributed by atoms with Crippen LogP contribution in [-0.2, 0) is 16.1 Å². The lowest BCUT2D eigenvalue weighted by atomic mass is 9.97. The topological polar surface area (TPSA) is 73.7 Å². The van der Waals surface area contributed by atoms with Crippen LogP contribution >= 0.6 is 0 Å². The average Bonchev–Trinajstić information content (AvgIpc) is 3.01. The van der Waals surface area contributed by atoms with E-state index < -0.39 is 0 Å². The standard InChI is InChI=1S/C19H32N6O2/c1-22(2)9-5-6-19(27)24-10-7-16(8-11-24)13-25-14-17(12-20-25)21-18(26)15-23(3)4/h5-6,12,14,16H,7-11,13,15H2,1-4H3,(H,21,26)/b6-5+. The molecule has 27 heavy (non-hydrogen) atoms. The van der Waals surface area contributed by atoms with Gasteiger partial charge in [-0.25, -0.2) is 0 Å². The number of nitrogens with zero attached hydrogens (tertiary/aromatic N) is 5. The van der Waals surface area contributed by atoms with Crippen LogP contribution in [0, 0.1) is 5.92 Å². The van der Waals surface area contributed by atoms with Gasteiger partial charge in [0.15, 0.2) is 0 Å². The summed E-state index contributed by atoms with van der Waals surface area (Å²) in [6, 6.07) is 0. The van der Waals surface area contributed by atoms with Crippen molar-refractivity contribution in [3.63, 3.8) is 0 Å². The fraction of sp³-hybridized carbons (Fsp3) is 0.632. The van der Waals surface area contributed by atoms with Gasteiger partial charge in [-0.1, -0.05) is 6.08 Å². The maximum Gasteiger partial charge on any atom is 0.246 e. The number of likely N-dealkylation sites (tertiary alicyclic amines) is 1. The third kappa shape index (κ3) is 7.52. The number of carbonyl (C=O) groups is 2. The van der Waals surface area contributed by atoms with Crippen LogP contribution in [-0.4, -0.2) is 90.7 Å². The Kier molecular flexibility index (Phi) is 7.99. The zero-order valence-corrected chi connectivity index (χ0v) is 16.9. The first-order valence-electron chi connectivity index (χ1n) is 9.40. The SMILES string of the molecule is CN(C)C/C=C/C(=O)N1CCC(Cn2cc(NC(=O)CN(C)C)cn2)CC1. The normalized spacial score (nSPS) is 15.9. The molecule has 1 fully saturated rings. The first-order chi connectivity index (χ1) is 12.8. The summed E-state index contributed by atoms with van der Waals surface area (Å²) in [7, 11) is 7.68. The highest BCUT2D eigenvalue weighted by Crippen LogP contribution is 2.20. The molecular formula is C19H32N6O2. The summed E-state index contributed by atoms with van der Waals surface area (Å²) >= 11 is 0. The van der Waals surface area contributed by atoms with Gasteiger partial charge in [0.25, 0.3) is 0 Å². The van der Waals surface area contributed by atoms with E-state index in [1.165, 1.54) is 0 Å². The number of nitrogens with one attached hydrogen (secondary N) is 1. The Morgan fingerprint density at radius 3 is 2.56 bits per heavy atom. The van der Waals surface area contributed by atoms with Gasteiger partial charge in [0, 0.05) is 38.5 Å². The number of hydrogen-bond acceptors (Lipinski definition) is 5. The van der Waals surface area contributed by atoms with Crippen molar-refractivity contribution < 1.29 is 9.59 Å². The fourth-order valence-electron chi connectivity index (χ4n) is 3.09. The minimum Gasteiger partial charge on any atom is -0.339 e. The Morgan fingerprint density at radius 2 is 1.93 bits per heavy atom. The summed E-state index contributed by atoms with van der Waals surface area (Å²) in [5.74, 6) is 0.541. The van der Waals surface area contributed by atoms with Gasteiger partial charge in [0.2, 0.25) is 11.8 Å². The number of likely N-dealkylation sites (N-methyl/N-ethyl adjacent to an activating group) is 2. The molecule has 0 radical (unpaired) electrons. The van der Waals surface area contributed by atoms with Gasteiger partial charge < -0.3 is 20.0 Å². The second kappa shape index (κ2) is 10.2. The molecule has 0 atom stereocenters. The molecule has 1 aromatic heterocycles. The molecule has 1 saturated heterocycles. The van der Waals surface area contributed by atoms with Gasteiger partial charge in [-0.05, 0) is 47.0 Å². The molecule has 0 unspecified atom stereocenters. The molecule has 1 aliphatic heterocycles. The van der Waals surface area contributed by atoms with Crippen LogP contribution < -0.4 is 5.32 Å². The van der Waals surface area contributed by atoms with E-state index in [2.05, 4.69) is 10.4 Å². The number of aromatic nitrogens is 2. The molecule has 1 N–H and O–H groups in total. The van der Waals surface area contributed by atoms with E-state index in [1.807, 2.05) is 59.8 Å². The summed E-state index contributed by atoms with van der Waals surface area (Å²) in [4.78, 5) is 29.7.